The second-order valence-electron chi connectivity index (χ2n) is 6.20. The topological polar surface area (TPSA) is 67.0 Å². The molecular weight excluding hydrogens is 338 g/mol. The minimum atomic E-state index is -0.624. The van der Waals surface area contributed by atoms with E-state index in [4.69, 9.17) is 16.3 Å². The Hall–Kier alpha value is -2.53. The van der Waals surface area contributed by atoms with Crippen molar-refractivity contribution in [2.75, 3.05) is 5.32 Å². The molecule has 0 radical (unpaired) electrons. The van der Waals surface area contributed by atoms with Crippen molar-refractivity contribution in [2.45, 2.75) is 32.8 Å². The second-order valence-corrected chi connectivity index (χ2v) is 6.56. The first-order valence-corrected chi connectivity index (χ1v) is 8.53. The van der Waals surface area contributed by atoms with Crippen LogP contribution in [-0.2, 0) is 4.79 Å². The van der Waals surface area contributed by atoms with E-state index >= 15 is 0 Å². The first kappa shape index (κ1) is 17.3. The number of para-hydroxylation sites is 1. The minimum absolute atomic E-state index is 0.219. The number of imidazole rings is 1. The summed E-state index contributed by atoms with van der Waals surface area (Å²) in [4.78, 5) is 19.5. The highest BCUT2D eigenvalue weighted by molar-refractivity contribution is 6.29. The van der Waals surface area contributed by atoms with Gasteiger partial charge < -0.3 is 15.0 Å². The van der Waals surface area contributed by atoms with E-state index in [0.717, 1.165) is 22.3 Å². The molecule has 3 aromatic rings. The molecule has 0 aliphatic carbocycles. The summed E-state index contributed by atoms with van der Waals surface area (Å²) in [5, 5.41) is 3.18. The molecule has 0 aliphatic heterocycles. The molecule has 0 saturated heterocycles. The number of halogens is 1. The van der Waals surface area contributed by atoms with Gasteiger partial charge in [-0.25, -0.2) is 4.98 Å². The van der Waals surface area contributed by atoms with Crippen LogP contribution in [-0.4, -0.2) is 22.0 Å². The van der Waals surface area contributed by atoms with Gasteiger partial charge in [-0.3, -0.25) is 4.79 Å². The smallest absolute Gasteiger partial charge is 0.265 e. The van der Waals surface area contributed by atoms with Crippen molar-refractivity contribution >= 4 is 34.2 Å². The molecule has 0 spiro atoms. The van der Waals surface area contributed by atoms with Crippen LogP contribution in [0.2, 0.25) is 5.28 Å². The van der Waals surface area contributed by atoms with Gasteiger partial charge in [-0.05, 0) is 54.3 Å². The molecule has 1 amide bonds. The monoisotopic (exact) mass is 357 g/mol. The Balaban J connectivity index is 1.71. The maximum Gasteiger partial charge on any atom is 0.265 e. The lowest BCUT2D eigenvalue weighted by atomic mass is 10.0. The van der Waals surface area contributed by atoms with Crippen LogP contribution in [0.3, 0.4) is 0 Å². The molecule has 0 fully saturated rings. The van der Waals surface area contributed by atoms with Crippen LogP contribution in [0.5, 0.6) is 5.75 Å². The summed E-state index contributed by atoms with van der Waals surface area (Å²) in [6, 6.07) is 13.2. The molecule has 1 atom stereocenters. The highest BCUT2D eigenvalue weighted by Gasteiger charge is 2.17. The fraction of sp³-hybridized carbons (Fsp3) is 0.263. The number of fused-ring (bicyclic) bond motifs is 1. The number of carbonyl (C=O) groups excluding carboxylic acids is 1. The molecule has 2 aromatic carbocycles. The molecule has 0 saturated carbocycles. The van der Waals surface area contributed by atoms with Gasteiger partial charge in [0.25, 0.3) is 5.91 Å². The quantitative estimate of drug-likeness (QED) is 0.692. The van der Waals surface area contributed by atoms with Crippen LogP contribution in [0.25, 0.3) is 11.0 Å². The molecule has 0 bridgehead atoms. The number of ether oxygens (including phenoxy) is 1. The lowest BCUT2D eigenvalue weighted by Crippen LogP contribution is -2.30. The average Bonchev–Trinajstić information content (AvgIpc) is 2.94. The Morgan fingerprint density at radius 3 is 2.72 bits per heavy atom. The van der Waals surface area contributed by atoms with Crippen molar-refractivity contribution in [3.8, 4) is 5.75 Å². The number of carbonyl (C=O) groups is 1. The van der Waals surface area contributed by atoms with E-state index in [2.05, 4.69) is 29.1 Å². The Morgan fingerprint density at radius 1 is 1.20 bits per heavy atom. The highest BCUT2D eigenvalue weighted by Crippen LogP contribution is 2.27. The van der Waals surface area contributed by atoms with E-state index < -0.39 is 6.10 Å². The van der Waals surface area contributed by atoms with Crippen LogP contribution in [0, 0.1) is 0 Å². The van der Waals surface area contributed by atoms with E-state index in [1.54, 1.807) is 25.1 Å². The van der Waals surface area contributed by atoms with E-state index in [0.29, 0.717) is 16.9 Å². The first-order chi connectivity index (χ1) is 11.9. The number of nitrogens with one attached hydrogen (secondary N) is 2. The lowest BCUT2D eigenvalue weighted by Gasteiger charge is -2.18. The van der Waals surface area contributed by atoms with Crippen molar-refractivity contribution in [3.05, 3.63) is 53.3 Å². The van der Waals surface area contributed by atoms with Crippen LogP contribution < -0.4 is 10.1 Å². The Bertz CT molecular complexity index is 905. The normalized spacial score (nSPS) is 12.4. The van der Waals surface area contributed by atoms with Gasteiger partial charge in [0.2, 0.25) is 5.28 Å². The van der Waals surface area contributed by atoms with Crippen LogP contribution in [0.1, 0.15) is 32.3 Å². The number of rotatable bonds is 5. The van der Waals surface area contributed by atoms with E-state index in [1.807, 2.05) is 24.3 Å². The van der Waals surface area contributed by atoms with Gasteiger partial charge in [-0.15, -0.1) is 0 Å². The van der Waals surface area contributed by atoms with E-state index in [-0.39, 0.29) is 5.91 Å². The number of hydrogen-bond acceptors (Lipinski definition) is 3. The third-order valence-corrected chi connectivity index (χ3v) is 4.11. The minimum Gasteiger partial charge on any atom is -0.481 e. The molecule has 1 unspecified atom stereocenters. The predicted molar refractivity (Wildman–Crippen MR) is 100 cm³/mol. The number of aromatic nitrogens is 2. The third kappa shape index (κ3) is 3.94. The Morgan fingerprint density at radius 2 is 1.96 bits per heavy atom. The number of H-pyrrole nitrogens is 1. The summed E-state index contributed by atoms with van der Waals surface area (Å²) < 4.78 is 5.88. The van der Waals surface area contributed by atoms with Crippen LogP contribution in [0.4, 0.5) is 5.69 Å². The molecule has 130 valence electrons. The number of anilines is 1. The molecular formula is C19H20ClN3O2. The van der Waals surface area contributed by atoms with Gasteiger partial charge in [-0.1, -0.05) is 32.0 Å². The highest BCUT2D eigenvalue weighted by atomic mass is 35.5. The molecule has 5 nitrogen and oxygen atoms in total. The molecule has 1 aromatic heterocycles. The maximum absolute atomic E-state index is 12.5. The Labute approximate surface area is 151 Å². The maximum atomic E-state index is 12.5. The molecule has 1 heterocycles. The van der Waals surface area contributed by atoms with E-state index in [1.165, 1.54) is 0 Å². The average molecular weight is 358 g/mol. The zero-order valence-electron chi connectivity index (χ0n) is 14.3. The van der Waals surface area contributed by atoms with Gasteiger partial charge in [0.05, 0.1) is 11.0 Å². The predicted octanol–water partition coefficient (Wildman–Crippen LogP) is 4.75. The largest absolute Gasteiger partial charge is 0.481 e. The first-order valence-electron chi connectivity index (χ1n) is 8.15. The molecule has 2 N–H and O–H groups in total. The number of hydrogen-bond donors (Lipinski definition) is 2. The van der Waals surface area contributed by atoms with Gasteiger partial charge in [-0.2, -0.15) is 0 Å². The summed E-state index contributed by atoms with van der Waals surface area (Å²) in [6.45, 7) is 5.92. The van der Waals surface area contributed by atoms with E-state index in [9.17, 15) is 4.79 Å². The molecule has 25 heavy (non-hydrogen) atoms. The lowest BCUT2D eigenvalue weighted by molar-refractivity contribution is -0.122. The standard InChI is InChI=1S/C19H20ClN3O2/c1-11(2)14-6-4-5-7-17(14)25-12(3)18(24)21-13-8-9-15-16(10-13)23-19(20)22-15/h4-12H,1-3H3,(H,21,24)(H,22,23). The zero-order chi connectivity index (χ0) is 18.0. The summed E-state index contributed by atoms with van der Waals surface area (Å²) in [5.41, 5.74) is 3.25. The summed E-state index contributed by atoms with van der Waals surface area (Å²) >= 11 is 5.85. The van der Waals surface area contributed by atoms with Crippen LogP contribution >= 0.6 is 11.6 Å². The third-order valence-electron chi connectivity index (χ3n) is 3.93. The van der Waals surface area contributed by atoms with Gasteiger partial charge in [0, 0.05) is 5.69 Å². The van der Waals surface area contributed by atoms with Crippen molar-refractivity contribution < 1.29 is 9.53 Å². The van der Waals surface area contributed by atoms with Crippen molar-refractivity contribution in [1.82, 2.24) is 9.97 Å². The van der Waals surface area contributed by atoms with Crippen LogP contribution in [0.15, 0.2) is 42.5 Å². The second kappa shape index (κ2) is 7.15. The summed E-state index contributed by atoms with van der Waals surface area (Å²) in [7, 11) is 0. The molecule has 3 rings (SSSR count). The SMILES string of the molecule is CC(Oc1ccccc1C(C)C)C(=O)Nc1ccc2nc(Cl)[nH]c2c1. The number of aromatic amines is 1. The number of amides is 1. The van der Waals surface area contributed by atoms with Gasteiger partial charge in [0.15, 0.2) is 6.10 Å². The van der Waals surface area contributed by atoms with Gasteiger partial charge >= 0.3 is 0 Å². The summed E-state index contributed by atoms with van der Waals surface area (Å²) in [5.74, 6) is 0.832. The number of nitrogens with zero attached hydrogens (tertiary/aromatic N) is 1. The zero-order valence-corrected chi connectivity index (χ0v) is 15.1. The van der Waals surface area contributed by atoms with Crippen molar-refractivity contribution in [1.29, 1.82) is 0 Å². The molecule has 6 heteroatoms. The van der Waals surface area contributed by atoms with Crippen molar-refractivity contribution in [2.24, 2.45) is 0 Å². The fourth-order valence-corrected chi connectivity index (χ4v) is 2.80. The summed E-state index contributed by atoms with van der Waals surface area (Å²) in [6.07, 6.45) is -0.624. The fourth-order valence-electron chi connectivity index (χ4n) is 2.61. The van der Waals surface area contributed by atoms with Crippen molar-refractivity contribution in [3.63, 3.8) is 0 Å². The van der Waals surface area contributed by atoms with Gasteiger partial charge in [0.1, 0.15) is 5.75 Å². The molecule has 0 aliphatic rings. The Kier molecular flexibility index (Phi) is 4.95. The number of benzene rings is 2.